The van der Waals surface area contributed by atoms with Gasteiger partial charge in [-0.15, -0.1) is 0 Å². The molecule has 4 nitrogen and oxygen atoms in total. The van der Waals surface area contributed by atoms with Crippen molar-refractivity contribution in [2.45, 2.75) is 156 Å². The first-order valence-corrected chi connectivity index (χ1v) is 28.4. The van der Waals surface area contributed by atoms with Crippen molar-refractivity contribution in [1.29, 1.82) is 0 Å². The number of hydrogen-bond donors (Lipinski definition) is 0. The molecule has 2 aliphatic carbocycles. The molecule has 0 radical (unpaired) electrons. The Bertz CT molecular complexity index is 3910. The Balaban J connectivity index is 1.11. The van der Waals surface area contributed by atoms with E-state index in [4.69, 9.17) is 4.42 Å². The lowest BCUT2D eigenvalue weighted by atomic mass is 9.33. The van der Waals surface area contributed by atoms with Crippen LogP contribution in [0.25, 0.3) is 21.9 Å². The van der Waals surface area contributed by atoms with E-state index in [1.165, 1.54) is 90.2 Å². The summed E-state index contributed by atoms with van der Waals surface area (Å²) in [7, 11) is 0. The third-order valence-corrected chi connectivity index (χ3v) is 18.6. The Kier molecular flexibility index (Phi) is 10.6. The second-order valence-corrected chi connectivity index (χ2v) is 28.2. The van der Waals surface area contributed by atoms with E-state index in [0.717, 1.165) is 57.5 Å². The Morgan fingerprint density at radius 3 is 1.70 bits per heavy atom. The number of rotatable bonds is 5. The Labute approximate surface area is 459 Å². The van der Waals surface area contributed by atoms with E-state index in [9.17, 15) is 0 Å². The summed E-state index contributed by atoms with van der Waals surface area (Å²) in [5.74, 6) is 0. The molecule has 8 aromatic carbocycles. The van der Waals surface area contributed by atoms with E-state index in [1.807, 2.05) is 0 Å². The van der Waals surface area contributed by atoms with E-state index in [-0.39, 0.29) is 39.2 Å². The molecular formula is C72H76BN3O. The SMILES string of the molecule is Cc1cc2c3c(c1)N(c1ccc4c(c1)C(C)(C)CCC4(C)C)c1cc4c(cc1B3c1ccc(N(c3ccc(C(C)(C)C)cc3)c3cccc(C(C)(C)C)c3)cc1N2c1ccc2oc3ccccc3c2c1)C(C)(C)CC4(C)C. The minimum atomic E-state index is -0.0350. The molecule has 1 aromatic heterocycles. The molecule has 0 saturated heterocycles. The van der Waals surface area contributed by atoms with Crippen LogP contribution in [0.2, 0.25) is 0 Å². The van der Waals surface area contributed by atoms with Crippen LogP contribution in [-0.4, -0.2) is 6.71 Å². The van der Waals surface area contributed by atoms with Gasteiger partial charge in [0.15, 0.2) is 0 Å². The lowest BCUT2D eigenvalue weighted by Gasteiger charge is -2.46. The number of fused-ring (bicyclic) bond motifs is 9. The number of furan rings is 1. The maximum atomic E-state index is 6.53. The third kappa shape index (κ3) is 7.75. The Hall–Kier alpha value is -6.98. The van der Waals surface area contributed by atoms with Crippen LogP contribution in [0.3, 0.4) is 0 Å². The van der Waals surface area contributed by atoms with Crippen LogP contribution in [0, 0.1) is 6.92 Å². The van der Waals surface area contributed by atoms with E-state index < -0.39 is 0 Å². The van der Waals surface area contributed by atoms with Crippen molar-refractivity contribution in [2.75, 3.05) is 14.7 Å². The van der Waals surface area contributed by atoms with Crippen molar-refractivity contribution < 1.29 is 4.42 Å². The van der Waals surface area contributed by atoms with Gasteiger partial charge in [0.05, 0.1) is 0 Å². The fourth-order valence-corrected chi connectivity index (χ4v) is 14.5. The summed E-state index contributed by atoms with van der Waals surface area (Å²) < 4.78 is 6.53. The summed E-state index contributed by atoms with van der Waals surface area (Å²) in [6, 6.07) is 58.9. The van der Waals surface area contributed by atoms with Gasteiger partial charge < -0.3 is 19.1 Å². The van der Waals surface area contributed by atoms with Gasteiger partial charge in [-0.2, -0.15) is 0 Å². The van der Waals surface area contributed by atoms with E-state index in [2.05, 4.69) is 270 Å². The molecule has 0 unspecified atom stereocenters. The number of para-hydroxylation sites is 1. The fraction of sp³-hybridized carbons (Fsp3) is 0.333. The van der Waals surface area contributed by atoms with E-state index in [0.29, 0.717) is 0 Å². The number of nitrogens with zero attached hydrogens (tertiary/aromatic N) is 3. The quantitative estimate of drug-likeness (QED) is 0.160. The van der Waals surface area contributed by atoms with Gasteiger partial charge in [-0.05, 0) is 205 Å². The molecule has 0 saturated carbocycles. The minimum Gasteiger partial charge on any atom is -0.456 e. The highest BCUT2D eigenvalue weighted by Gasteiger charge is 2.49. The van der Waals surface area contributed by atoms with Crippen molar-refractivity contribution in [3.05, 3.63) is 191 Å². The van der Waals surface area contributed by atoms with Crippen LogP contribution in [0.5, 0.6) is 0 Å². The first-order valence-electron chi connectivity index (χ1n) is 28.4. The lowest BCUT2D eigenvalue weighted by Crippen LogP contribution is -2.61. The van der Waals surface area contributed by atoms with E-state index >= 15 is 0 Å². The normalized spacial score (nSPS) is 17.5. The van der Waals surface area contributed by atoms with Crippen LogP contribution in [-0.2, 0) is 32.5 Å². The van der Waals surface area contributed by atoms with Crippen LogP contribution in [0.15, 0.2) is 156 Å². The third-order valence-electron chi connectivity index (χ3n) is 18.6. The predicted octanol–water partition coefficient (Wildman–Crippen LogP) is 18.3. The smallest absolute Gasteiger partial charge is 0.252 e. The van der Waals surface area contributed by atoms with Crippen LogP contribution >= 0.6 is 0 Å². The number of benzene rings is 8. The molecule has 0 fully saturated rings. The number of hydrogen-bond acceptors (Lipinski definition) is 4. The maximum absolute atomic E-state index is 6.53. The molecule has 3 heterocycles. The molecule has 4 aliphatic rings. The lowest BCUT2D eigenvalue weighted by molar-refractivity contribution is 0.332. The van der Waals surface area contributed by atoms with Gasteiger partial charge in [0.25, 0.3) is 6.71 Å². The topological polar surface area (TPSA) is 22.9 Å². The zero-order valence-electron chi connectivity index (χ0n) is 48.4. The molecule has 388 valence electrons. The molecule has 0 spiro atoms. The first-order chi connectivity index (χ1) is 36.3. The monoisotopic (exact) mass is 1010 g/mol. The molecule has 13 rings (SSSR count). The van der Waals surface area contributed by atoms with Crippen LogP contribution in [0.4, 0.5) is 51.2 Å². The fourth-order valence-electron chi connectivity index (χ4n) is 14.5. The van der Waals surface area contributed by atoms with Gasteiger partial charge in [-0.3, -0.25) is 0 Å². The summed E-state index contributed by atoms with van der Waals surface area (Å²) in [6.45, 7) is 35.8. The Morgan fingerprint density at radius 1 is 0.442 bits per heavy atom. The van der Waals surface area contributed by atoms with Gasteiger partial charge in [-0.25, -0.2) is 0 Å². The largest absolute Gasteiger partial charge is 0.456 e. The van der Waals surface area contributed by atoms with Gasteiger partial charge in [0.2, 0.25) is 0 Å². The summed E-state index contributed by atoms with van der Waals surface area (Å²) in [5.41, 5.74) is 26.5. The summed E-state index contributed by atoms with van der Waals surface area (Å²) in [5, 5.41) is 2.24. The summed E-state index contributed by atoms with van der Waals surface area (Å²) in [4.78, 5) is 7.75. The molecular weight excluding hydrogens is 934 g/mol. The molecule has 0 N–H and O–H groups in total. The van der Waals surface area contributed by atoms with Crippen LogP contribution in [0.1, 0.15) is 155 Å². The second-order valence-electron chi connectivity index (χ2n) is 28.2. The number of aryl methyl sites for hydroxylation is 1. The molecule has 9 aromatic rings. The molecule has 0 atom stereocenters. The highest BCUT2D eigenvalue weighted by Crippen LogP contribution is 2.55. The van der Waals surface area contributed by atoms with Crippen molar-refractivity contribution in [2.24, 2.45) is 0 Å². The van der Waals surface area contributed by atoms with Gasteiger partial charge in [0.1, 0.15) is 11.2 Å². The number of anilines is 9. The molecule has 0 amide bonds. The molecule has 2 aliphatic heterocycles. The van der Waals surface area contributed by atoms with Gasteiger partial charge >= 0.3 is 0 Å². The maximum Gasteiger partial charge on any atom is 0.252 e. The highest BCUT2D eigenvalue weighted by atomic mass is 16.3. The standard InChI is InChI=1S/C72H76BN3O/c1-44-35-62-66-63(36-44)76(50-27-30-54-55(39-50)70(10,11)34-33-69(54,8)9)61-42-57-56(71(12,13)43-72(57,14)15)41-59(61)73(66)58-31-28-51(40-60(58)75(62)49-29-32-65-53(38-49)52-21-16-17-22-64(52)77-65)74(47-25-23-45(24-26-47)67(2,3)4)48-20-18-19-46(37-48)68(5,6)7/h16-32,35-42H,33-34,43H2,1-15H3. The molecule has 77 heavy (non-hydrogen) atoms. The predicted molar refractivity (Wildman–Crippen MR) is 331 cm³/mol. The van der Waals surface area contributed by atoms with E-state index in [1.54, 1.807) is 0 Å². The average Bonchev–Trinajstić information content (AvgIpc) is 3.86. The van der Waals surface area contributed by atoms with Crippen LogP contribution < -0.4 is 31.1 Å². The average molecular weight is 1010 g/mol. The second kappa shape index (κ2) is 16.5. The first kappa shape index (κ1) is 49.6. The van der Waals surface area contributed by atoms with Gasteiger partial charge in [-0.1, -0.05) is 158 Å². The van der Waals surface area contributed by atoms with Crippen molar-refractivity contribution in [3.63, 3.8) is 0 Å². The van der Waals surface area contributed by atoms with Gasteiger partial charge in [0, 0.05) is 62.0 Å². The zero-order valence-corrected chi connectivity index (χ0v) is 48.4. The summed E-state index contributed by atoms with van der Waals surface area (Å²) in [6.07, 6.45) is 3.45. The van der Waals surface area contributed by atoms with Crippen molar-refractivity contribution >= 4 is 96.2 Å². The zero-order chi connectivity index (χ0) is 54.1. The summed E-state index contributed by atoms with van der Waals surface area (Å²) >= 11 is 0. The molecule has 0 bridgehead atoms. The Morgan fingerprint density at radius 2 is 1.01 bits per heavy atom. The van der Waals surface area contributed by atoms with Crippen molar-refractivity contribution in [1.82, 2.24) is 0 Å². The minimum absolute atomic E-state index is 0.0112. The highest BCUT2D eigenvalue weighted by molar-refractivity contribution is 7.00. The molecule has 5 heteroatoms. The van der Waals surface area contributed by atoms with Crippen molar-refractivity contribution in [3.8, 4) is 0 Å².